The van der Waals surface area contributed by atoms with Gasteiger partial charge in [-0.25, -0.2) is 0 Å². The van der Waals surface area contributed by atoms with Gasteiger partial charge in [-0.2, -0.15) is 0 Å². The quantitative estimate of drug-likeness (QED) is 0.103. The molecule has 2 aliphatic carbocycles. The highest BCUT2D eigenvalue weighted by Crippen LogP contribution is 2.39. The number of ether oxygens (including phenoxy) is 4. The number of rotatable bonds is 17. The van der Waals surface area contributed by atoms with Gasteiger partial charge in [-0.15, -0.1) is 0 Å². The second kappa shape index (κ2) is 23.3. The third-order valence-corrected chi connectivity index (χ3v) is 10.3. The first kappa shape index (κ1) is 41.2. The van der Waals surface area contributed by atoms with Crippen LogP contribution < -0.4 is 11.5 Å². The van der Waals surface area contributed by atoms with E-state index < -0.39 is 0 Å². The summed E-state index contributed by atoms with van der Waals surface area (Å²) in [6, 6.07) is 17.0. The fourth-order valence-corrected chi connectivity index (χ4v) is 7.23. The van der Waals surface area contributed by atoms with Crippen LogP contribution in [0.25, 0.3) is 0 Å². The maximum atomic E-state index is 11.8. The van der Waals surface area contributed by atoms with Gasteiger partial charge in [-0.3, -0.25) is 9.59 Å². The predicted molar refractivity (Wildman–Crippen MR) is 200 cm³/mol. The maximum absolute atomic E-state index is 11.8. The van der Waals surface area contributed by atoms with Gasteiger partial charge in [0.2, 0.25) is 0 Å². The minimum atomic E-state index is -0.192. The van der Waals surface area contributed by atoms with Crippen LogP contribution in [-0.2, 0) is 35.0 Å². The molecule has 4 N–H and O–H groups in total. The van der Waals surface area contributed by atoms with Crippen molar-refractivity contribution in [2.24, 2.45) is 23.3 Å². The monoisotopic (exact) mass is 690 g/mol. The molecule has 50 heavy (non-hydrogen) atoms. The Kier molecular flexibility index (Phi) is 19.2. The summed E-state index contributed by atoms with van der Waals surface area (Å²) in [5.41, 5.74) is 17.2. The lowest BCUT2D eigenvalue weighted by molar-refractivity contribution is -0.146. The van der Waals surface area contributed by atoms with Crippen LogP contribution in [0.2, 0.25) is 0 Å². The van der Waals surface area contributed by atoms with Gasteiger partial charge in [0.05, 0.1) is 26.1 Å². The molecule has 0 amide bonds. The van der Waals surface area contributed by atoms with Crippen molar-refractivity contribution < 1.29 is 28.5 Å². The van der Waals surface area contributed by atoms with Crippen molar-refractivity contribution in [3.63, 3.8) is 0 Å². The molecule has 2 aliphatic rings. The zero-order chi connectivity index (χ0) is 36.1. The van der Waals surface area contributed by atoms with E-state index in [9.17, 15) is 9.59 Å². The largest absolute Gasteiger partial charge is 0.469 e. The molecule has 0 unspecified atom stereocenters. The van der Waals surface area contributed by atoms with Crippen LogP contribution in [-0.4, -0.2) is 65.7 Å². The maximum Gasteiger partial charge on any atom is 0.310 e. The van der Waals surface area contributed by atoms with Gasteiger partial charge >= 0.3 is 11.9 Å². The van der Waals surface area contributed by atoms with Gasteiger partial charge in [0.1, 0.15) is 0 Å². The Morgan fingerprint density at radius 2 is 1.08 bits per heavy atom. The Morgan fingerprint density at radius 3 is 1.58 bits per heavy atom. The average molecular weight is 691 g/mol. The van der Waals surface area contributed by atoms with Gasteiger partial charge in [0.15, 0.2) is 0 Å². The highest BCUT2D eigenvalue weighted by molar-refractivity contribution is 5.74. The summed E-state index contributed by atoms with van der Waals surface area (Å²) in [4.78, 5) is 23.5. The first-order valence-corrected chi connectivity index (χ1v) is 18.6. The van der Waals surface area contributed by atoms with Gasteiger partial charge in [-0.05, 0) is 98.4 Å². The Morgan fingerprint density at radius 1 is 0.620 bits per heavy atom. The summed E-state index contributed by atoms with van der Waals surface area (Å²) in [5, 5.41) is 0. The van der Waals surface area contributed by atoms with Crippen LogP contribution in [0.4, 0.5) is 0 Å². The lowest BCUT2D eigenvalue weighted by Gasteiger charge is -2.11. The van der Waals surface area contributed by atoms with Gasteiger partial charge in [0, 0.05) is 51.5 Å². The number of nitrogens with two attached hydrogens (primary N) is 2. The van der Waals surface area contributed by atoms with Gasteiger partial charge in [-0.1, -0.05) is 73.9 Å². The normalized spacial score (nSPS) is 22.6. The minimum absolute atomic E-state index is 0.0877. The lowest BCUT2D eigenvalue weighted by atomic mass is 9.94. The second-order valence-electron chi connectivity index (χ2n) is 13.9. The van der Waals surface area contributed by atoms with Crippen molar-refractivity contribution in [2.45, 2.75) is 114 Å². The Hall–Kier alpha value is -3.22. The summed E-state index contributed by atoms with van der Waals surface area (Å²) < 4.78 is 19.8. The van der Waals surface area contributed by atoms with E-state index in [1.54, 1.807) is 14.2 Å². The number of benzene rings is 2. The summed E-state index contributed by atoms with van der Waals surface area (Å²) in [5.74, 6) is 6.43. The van der Waals surface area contributed by atoms with Crippen LogP contribution in [0.5, 0.6) is 0 Å². The lowest BCUT2D eigenvalue weighted by Crippen LogP contribution is -2.31. The highest BCUT2D eigenvalue weighted by Gasteiger charge is 2.38. The number of aryl methyl sites for hydroxylation is 1. The van der Waals surface area contributed by atoms with E-state index >= 15 is 0 Å². The molecule has 0 heterocycles. The van der Waals surface area contributed by atoms with Crippen molar-refractivity contribution >= 4 is 11.9 Å². The molecule has 276 valence electrons. The Labute approximate surface area is 301 Å². The molecular weight excluding hydrogens is 628 g/mol. The molecule has 2 saturated carbocycles. The van der Waals surface area contributed by atoms with E-state index in [4.69, 9.17) is 30.4 Å². The molecule has 8 nitrogen and oxygen atoms in total. The standard InChI is InChI=1S/C21H33NO3.C21H29NO3/c2*1-24-13-7-5-3-4-6-8-16-9-11-17(12-10-16)18-14-19(20(22)15-18)21(23)25-2/h9-12,18-20H,3-8,13-15,22H2,1-2H3;9-12,18-20H,3-5,7,13-15,22H2,1-2H3/t2*18-,19-,20-/m00/s1. The van der Waals surface area contributed by atoms with E-state index in [0.29, 0.717) is 11.8 Å². The van der Waals surface area contributed by atoms with Crippen molar-refractivity contribution in [3.8, 4) is 11.8 Å². The number of carbonyl (C=O) groups is 2. The van der Waals surface area contributed by atoms with E-state index in [1.807, 2.05) is 0 Å². The second-order valence-corrected chi connectivity index (χ2v) is 13.9. The number of methoxy groups -OCH3 is 4. The number of hydrogen-bond acceptors (Lipinski definition) is 8. The smallest absolute Gasteiger partial charge is 0.310 e. The van der Waals surface area contributed by atoms with Crippen LogP contribution in [0.15, 0.2) is 48.5 Å². The molecule has 0 bridgehead atoms. The van der Waals surface area contributed by atoms with Crippen molar-refractivity contribution in [1.82, 2.24) is 0 Å². The minimum Gasteiger partial charge on any atom is -0.469 e. The topological polar surface area (TPSA) is 123 Å². The molecule has 4 rings (SSSR count). The SMILES string of the molecule is COCCCCCC#Cc1ccc([C@H]2C[C@H](C(=O)OC)[C@@H](N)C2)cc1.COCCCCCCCc1ccc([C@H]2C[C@H](C(=O)OC)[C@@H](N)C2)cc1. The molecule has 8 heteroatoms. The van der Waals surface area contributed by atoms with Crippen LogP contribution >= 0.6 is 0 Å². The van der Waals surface area contributed by atoms with Crippen molar-refractivity contribution in [2.75, 3.05) is 41.7 Å². The first-order valence-electron chi connectivity index (χ1n) is 18.6. The zero-order valence-electron chi connectivity index (χ0n) is 31.0. The van der Waals surface area contributed by atoms with Crippen LogP contribution in [0.3, 0.4) is 0 Å². The molecule has 0 aromatic heterocycles. The molecule has 2 aromatic rings. The molecule has 0 radical (unpaired) electrons. The number of hydrogen-bond donors (Lipinski definition) is 2. The third-order valence-electron chi connectivity index (χ3n) is 10.3. The number of unbranched alkanes of at least 4 members (excludes halogenated alkanes) is 7. The molecule has 2 fully saturated rings. The molecule has 0 saturated heterocycles. The number of carbonyl (C=O) groups excluding carboxylic acids is 2. The molecule has 0 spiro atoms. The molecule has 0 aliphatic heterocycles. The van der Waals surface area contributed by atoms with Crippen molar-refractivity contribution in [1.29, 1.82) is 0 Å². The number of esters is 2. The van der Waals surface area contributed by atoms with Crippen LogP contribution in [0.1, 0.15) is 118 Å². The fourth-order valence-electron chi connectivity index (χ4n) is 7.23. The molecule has 6 atom stereocenters. The van der Waals surface area contributed by atoms with Crippen molar-refractivity contribution in [3.05, 3.63) is 70.8 Å². The summed E-state index contributed by atoms with van der Waals surface area (Å²) >= 11 is 0. The molecular formula is C42H62N2O6. The fraction of sp³-hybridized carbons (Fsp3) is 0.619. The van der Waals surface area contributed by atoms with Gasteiger partial charge in [0.25, 0.3) is 0 Å². The summed E-state index contributed by atoms with van der Waals surface area (Å²) in [6.45, 7) is 1.71. The Balaban J connectivity index is 0.000000270. The predicted octanol–water partition coefficient (Wildman–Crippen LogP) is 7.06. The molecule has 2 aromatic carbocycles. The van der Waals surface area contributed by atoms with E-state index in [0.717, 1.165) is 76.6 Å². The van der Waals surface area contributed by atoms with Gasteiger partial charge < -0.3 is 30.4 Å². The van der Waals surface area contributed by atoms with E-state index in [2.05, 4.69) is 60.4 Å². The van der Waals surface area contributed by atoms with E-state index in [1.165, 1.54) is 63.0 Å². The van der Waals surface area contributed by atoms with Crippen LogP contribution in [0, 0.1) is 23.7 Å². The average Bonchev–Trinajstić information content (AvgIpc) is 3.73. The highest BCUT2D eigenvalue weighted by atomic mass is 16.5. The summed E-state index contributed by atoms with van der Waals surface area (Å²) in [7, 11) is 6.36. The summed E-state index contributed by atoms with van der Waals surface area (Å²) in [6.07, 6.45) is 14.9. The third kappa shape index (κ3) is 13.8. The van der Waals surface area contributed by atoms with E-state index in [-0.39, 0.29) is 35.9 Å². The zero-order valence-corrected chi connectivity index (χ0v) is 31.0. The first-order chi connectivity index (χ1) is 24.3. The Bertz CT molecular complexity index is 1320.